The average Bonchev–Trinajstić information content (AvgIpc) is 2.53. The van der Waals surface area contributed by atoms with Crippen molar-refractivity contribution in [2.45, 2.75) is 26.8 Å². The van der Waals surface area contributed by atoms with Crippen molar-refractivity contribution >= 4 is 17.7 Å². The number of rotatable bonds is 8. The Hall–Kier alpha value is -2.64. The predicted molar refractivity (Wildman–Crippen MR) is 83.8 cm³/mol. The van der Waals surface area contributed by atoms with Crippen LogP contribution in [0.3, 0.4) is 0 Å². The molecule has 0 fully saturated rings. The molecule has 1 aromatic rings. The van der Waals surface area contributed by atoms with Gasteiger partial charge in [0.25, 0.3) is 5.69 Å². The van der Waals surface area contributed by atoms with Gasteiger partial charge in [-0.3, -0.25) is 14.9 Å². The molecule has 0 bridgehead atoms. The zero-order valence-corrected chi connectivity index (χ0v) is 13.3. The summed E-state index contributed by atoms with van der Waals surface area (Å²) >= 11 is 0. The van der Waals surface area contributed by atoms with Crippen LogP contribution in [0.25, 0.3) is 0 Å². The van der Waals surface area contributed by atoms with Crippen LogP contribution in [-0.2, 0) is 16.1 Å². The Morgan fingerprint density at radius 1 is 1.26 bits per heavy atom. The van der Waals surface area contributed by atoms with Crippen molar-refractivity contribution in [3.63, 3.8) is 0 Å². The molecule has 0 unspecified atom stereocenters. The van der Waals surface area contributed by atoms with E-state index in [1.165, 1.54) is 12.1 Å². The van der Waals surface area contributed by atoms with E-state index in [9.17, 15) is 19.7 Å². The van der Waals surface area contributed by atoms with E-state index >= 15 is 0 Å². The summed E-state index contributed by atoms with van der Waals surface area (Å²) in [5.41, 5.74) is 0.776. The number of urea groups is 1. The lowest BCUT2D eigenvalue weighted by molar-refractivity contribution is -0.384. The van der Waals surface area contributed by atoms with E-state index in [1.807, 2.05) is 6.92 Å². The minimum absolute atomic E-state index is 0.00236. The Labute approximate surface area is 134 Å². The number of nitro groups is 1. The lowest BCUT2D eigenvalue weighted by Crippen LogP contribution is -2.42. The molecule has 2 amide bonds. The zero-order chi connectivity index (χ0) is 17.2. The molecule has 0 heterocycles. The fourth-order valence-electron chi connectivity index (χ4n) is 1.94. The summed E-state index contributed by atoms with van der Waals surface area (Å²) in [5, 5.41) is 13.1. The molecule has 0 atom stereocenters. The van der Waals surface area contributed by atoms with Gasteiger partial charge in [-0.15, -0.1) is 0 Å². The minimum atomic E-state index is -0.493. The highest BCUT2D eigenvalue weighted by molar-refractivity contribution is 5.80. The van der Waals surface area contributed by atoms with Crippen LogP contribution in [0.15, 0.2) is 24.3 Å². The summed E-state index contributed by atoms with van der Waals surface area (Å²) in [7, 11) is 0. The highest BCUT2D eigenvalue weighted by atomic mass is 16.6. The van der Waals surface area contributed by atoms with Gasteiger partial charge in [-0.05, 0) is 18.9 Å². The van der Waals surface area contributed by atoms with Crippen LogP contribution in [-0.4, -0.2) is 41.5 Å². The summed E-state index contributed by atoms with van der Waals surface area (Å²) in [6.45, 7) is 4.51. The number of hydrogen-bond donors (Lipinski definition) is 1. The summed E-state index contributed by atoms with van der Waals surface area (Å²) < 4.78 is 4.75. The Morgan fingerprint density at radius 2 is 1.91 bits per heavy atom. The molecule has 0 spiro atoms. The lowest BCUT2D eigenvalue weighted by atomic mass is 10.2. The van der Waals surface area contributed by atoms with Gasteiger partial charge in [0.15, 0.2) is 0 Å². The number of benzene rings is 1. The van der Waals surface area contributed by atoms with Crippen LogP contribution in [0.2, 0.25) is 0 Å². The molecule has 1 rings (SSSR count). The zero-order valence-electron chi connectivity index (χ0n) is 13.3. The van der Waals surface area contributed by atoms with E-state index in [0.29, 0.717) is 13.1 Å². The smallest absolute Gasteiger partial charge is 0.325 e. The monoisotopic (exact) mass is 323 g/mol. The molecular formula is C15H21N3O5. The van der Waals surface area contributed by atoms with Gasteiger partial charge in [0, 0.05) is 25.2 Å². The third kappa shape index (κ3) is 6.33. The quantitative estimate of drug-likeness (QED) is 0.448. The molecule has 8 heteroatoms. The van der Waals surface area contributed by atoms with Crippen molar-refractivity contribution in [1.82, 2.24) is 10.2 Å². The predicted octanol–water partition coefficient (Wildman–Crippen LogP) is 2.08. The molecule has 0 saturated carbocycles. The molecule has 1 aromatic carbocycles. The summed E-state index contributed by atoms with van der Waals surface area (Å²) in [4.78, 5) is 35.1. The minimum Gasteiger partial charge on any atom is -0.465 e. The van der Waals surface area contributed by atoms with E-state index < -0.39 is 10.9 Å². The second-order valence-electron chi connectivity index (χ2n) is 4.81. The molecule has 8 nitrogen and oxygen atoms in total. The molecule has 0 saturated heterocycles. The second kappa shape index (κ2) is 9.39. The maximum absolute atomic E-state index is 12.1. The van der Waals surface area contributed by atoms with E-state index in [2.05, 4.69) is 5.32 Å². The first-order valence-corrected chi connectivity index (χ1v) is 7.39. The van der Waals surface area contributed by atoms with Crippen LogP contribution in [0.4, 0.5) is 10.5 Å². The van der Waals surface area contributed by atoms with E-state index in [-0.39, 0.29) is 24.9 Å². The number of non-ortho nitro benzene ring substituents is 1. The Balaban J connectivity index is 2.64. The highest BCUT2D eigenvalue weighted by Gasteiger charge is 2.15. The highest BCUT2D eigenvalue weighted by Crippen LogP contribution is 2.13. The first kappa shape index (κ1) is 18.4. The van der Waals surface area contributed by atoms with Gasteiger partial charge < -0.3 is 15.0 Å². The van der Waals surface area contributed by atoms with Crippen molar-refractivity contribution in [1.29, 1.82) is 0 Å². The first-order valence-electron chi connectivity index (χ1n) is 7.39. The second-order valence-corrected chi connectivity index (χ2v) is 4.81. The van der Waals surface area contributed by atoms with Gasteiger partial charge in [0.05, 0.1) is 11.5 Å². The standard InChI is InChI=1S/C15H21N3O5/c1-3-9-17(15(20)16-10-14(19)23-4-2)11-12-5-7-13(8-6-12)18(21)22/h5-8H,3-4,9-11H2,1-2H3,(H,16,20). The molecule has 1 N–H and O–H groups in total. The van der Waals surface area contributed by atoms with Crippen LogP contribution < -0.4 is 5.32 Å². The van der Waals surface area contributed by atoms with E-state index in [4.69, 9.17) is 4.74 Å². The number of carbonyl (C=O) groups excluding carboxylic acids is 2. The van der Waals surface area contributed by atoms with Crippen LogP contribution in [0, 0.1) is 10.1 Å². The van der Waals surface area contributed by atoms with Gasteiger partial charge >= 0.3 is 12.0 Å². The number of esters is 1. The number of nitrogens with zero attached hydrogens (tertiary/aromatic N) is 2. The van der Waals surface area contributed by atoms with Gasteiger partial charge in [-0.1, -0.05) is 19.1 Å². The van der Waals surface area contributed by atoms with Gasteiger partial charge in [0.1, 0.15) is 6.54 Å². The molecule has 0 aliphatic heterocycles. The molecule has 0 radical (unpaired) electrons. The third-order valence-corrected chi connectivity index (χ3v) is 2.99. The molecule has 0 aliphatic rings. The van der Waals surface area contributed by atoms with Gasteiger partial charge in [-0.25, -0.2) is 4.79 Å². The number of amides is 2. The summed E-state index contributed by atoms with van der Waals surface area (Å²) in [5.74, 6) is -0.493. The van der Waals surface area contributed by atoms with E-state index in [1.54, 1.807) is 24.0 Å². The number of ether oxygens (including phenoxy) is 1. The number of hydrogen-bond acceptors (Lipinski definition) is 5. The molecule has 126 valence electrons. The Morgan fingerprint density at radius 3 is 2.43 bits per heavy atom. The normalized spacial score (nSPS) is 10.0. The number of carbonyl (C=O) groups is 2. The third-order valence-electron chi connectivity index (χ3n) is 2.99. The Bertz CT molecular complexity index is 545. The van der Waals surface area contributed by atoms with Crippen molar-refractivity contribution in [2.75, 3.05) is 19.7 Å². The maximum Gasteiger partial charge on any atom is 0.325 e. The van der Waals surface area contributed by atoms with Crippen LogP contribution >= 0.6 is 0 Å². The van der Waals surface area contributed by atoms with Gasteiger partial charge in [-0.2, -0.15) is 0 Å². The first-order chi connectivity index (χ1) is 11.0. The van der Waals surface area contributed by atoms with Crippen LogP contribution in [0.1, 0.15) is 25.8 Å². The maximum atomic E-state index is 12.1. The van der Waals surface area contributed by atoms with E-state index in [0.717, 1.165) is 12.0 Å². The summed E-state index contributed by atoms with van der Waals surface area (Å²) in [6, 6.07) is 5.64. The average molecular weight is 323 g/mol. The van der Waals surface area contributed by atoms with Crippen molar-refractivity contribution < 1.29 is 19.2 Å². The largest absolute Gasteiger partial charge is 0.465 e. The van der Waals surface area contributed by atoms with Crippen LogP contribution in [0.5, 0.6) is 0 Å². The van der Waals surface area contributed by atoms with Crippen molar-refractivity contribution in [3.05, 3.63) is 39.9 Å². The molecule has 0 aromatic heterocycles. The molecule has 23 heavy (non-hydrogen) atoms. The van der Waals surface area contributed by atoms with Crippen molar-refractivity contribution in [2.24, 2.45) is 0 Å². The number of nitrogens with one attached hydrogen (secondary N) is 1. The topological polar surface area (TPSA) is 102 Å². The SMILES string of the molecule is CCCN(Cc1ccc([N+](=O)[O-])cc1)C(=O)NCC(=O)OCC. The van der Waals surface area contributed by atoms with Crippen molar-refractivity contribution in [3.8, 4) is 0 Å². The van der Waals surface area contributed by atoms with Gasteiger partial charge in [0.2, 0.25) is 0 Å². The fourth-order valence-corrected chi connectivity index (χ4v) is 1.94. The summed E-state index contributed by atoms with van der Waals surface area (Å²) in [6.07, 6.45) is 0.750. The number of nitro benzene ring substituents is 1. The lowest BCUT2D eigenvalue weighted by Gasteiger charge is -2.22. The molecular weight excluding hydrogens is 302 g/mol. The fraction of sp³-hybridized carbons (Fsp3) is 0.467. The Kier molecular flexibility index (Phi) is 7.52. The molecule has 0 aliphatic carbocycles.